The average Bonchev–Trinajstić information content (AvgIpc) is 3.37. The molecule has 42 heavy (non-hydrogen) atoms. The first-order valence-corrected chi connectivity index (χ1v) is 13.6. The van der Waals surface area contributed by atoms with Crippen LogP contribution in [0.15, 0.2) is 58.5 Å². The van der Waals surface area contributed by atoms with Gasteiger partial charge in [0.25, 0.3) is 11.1 Å². The second-order valence-electron chi connectivity index (χ2n) is 11.5. The molecule has 3 N–H and O–H groups in total. The van der Waals surface area contributed by atoms with E-state index >= 15 is 4.39 Å². The van der Waals surface area contributed by atoms with E-state index in [0.717, 1.165) is 29.0 Å². The molecule has 11 nitrogen and oxygen atoms in total. The summed E-state index contributed by atoms with van der Waals surface area (Å²) >= 11 is 0. The number of aromatic nitrogens is 6. The van der Waals surface area contributed by atoms with E-state index in [1.807, 2.05) is 31.5 Å². The fourth-order valence-electron chi connectivity index (χ4n) is 5.25. The Morgan fingerprint density at radius 1 is 1.14 bits per heavy atom. The average molecular weight is 571 g/mol. The molecule has 6 rings (SSSR count). The van der Waals surface area contributed by atoms with E-state index in [1.165, 1.54) is 23.0 Å². The standard InChI is InChI=1S/C30H31FN8O3/c1-30(2,3)19-9-17-13-34-39(29(42)26(17)23(31)11-19)27-22(16-40)21(5-6-33-27)18-10-24(28(41)37(4)15-18)35-25-12-20-14-32-7-8-38(20)36-25/h5-6,9-13,15,32,40H,7-8,14,16H2,1-4H3,(H,35,36). The van der Waals surface area contributed by atoms with Gasteiger partial charge in [0.05, 0.1) is 30.4 Å². The van der Waals surface area contributed by atoms with Crippen LogP contribution < -0.4 is 21.8 Å². The van der Waals surface area contributed by atoms with Gasteiger partial charge in [-0.25, -0.2) is 9.37 Å². The topological polar surface area (TPSA) is 132 Å². The van der Waals surface area contributed by atoms with E-state index < -0.39 is 18.0 Å². The van der Waals surface area contributed by atoms with Gasteiger partial charge in [-0.3, -0.25) is 14.3 Å². The zero-order chi connectivity index (χ0) is 29.8. The van der Waals surface area contributed by atoms with Gasteiger partial charge in [-0.1, -0.05) is 20.8 Å². The lowest BCUT2D eigenvalue weighted by Crippen LogP contribution is -2.28. The molecular formula is C30H31FN8O3. The van der Waals surface area contributed by atoms with Crippen LogP contribution in [0.25, 0.3) is 27.7 Å². The van der Waals surface area contributed by atoms with E-state index in [1.54, 1.807) is 31.4 Å². The van der Waals surface area contributed by atoms with Gasteiger partial charge in [0.1, 0.15) is 11.5 Å². The fraction of sp³-hybridized carbons (Fsp3) is 0.300. The molecule has 5 aromatic rings. The van der Waals surface area contributed by atoms with Crippen LogP contribution in [0.3, 0.4) is 0 Å². The normalized spacial score (nSPS) is 13.4. The van der Waals surface area contributed by atoms with Crippen LogP contribution >= 0.6 is 0 Å². The number of benzene rings is 1. The third kappa shape index (κ3) is 4.78. The highest BCUT2D eigenvalue weighted by Gasteiger charge is 2.22. The molecule has 0 radical (unpaired) electrons. The predicted molar refractivity (Wildman–Crippen MR) is 158 cm³/mol. The van der Waals surface area contributed by atoms with Crippen LogP contribution in [0.5, 0.6) is 0 Å². The number of fused-ring (bicyclic) bond motifs is 2. The second-order valence-corrected chi connectivity index (χ2v) is 11.5. The molecule has 0 atom stereocenters. The Morgan fingerprint density at radius 2 is 1.95 bits per heavy atom. The Labute approximate surface area is 240 Å². The number of anilines is 2. The lowest BCUT2D eigenvalue weighted by molar-refractivity contribution is 0.281. The summed E-state index contributed by atoms with van der Waals surface area (Å²) in [5, 5.41) is 26.0. The number of nitrogens with one attached hydrogen (secondary N) is 2. The van der Waals surface area contributed by atoms with E-state index in [0.29, 0.717) is 40.1 Å². The molecule has 0 saturated heterocycles. The summed E-state index contributed by atoms with van der Waals surface area (Å²) in [4.78, 5) is 30.9. The summed E-state index contributed by atoms with van der Waals surface area (Å²) in [6.45, 7) is 7.65. The summed E-state index contributed by atoms with van der Waals surface area (Å²) < 4.78 is 19.6. The minimum absolute atomic E-state index is 0.0684. The van der Waals surface area contributed by atoms with E-state index in [4.69, 9.17) is 0 Å². The minimum atomic E-state index is -0.689. The summed E-state index contributed by atoms with van der Waals surface area (Å²) in [6.07, 6.45) is 4.55. The molecule has 1 aromatic carbocycles. The molecule has 0 bridgehead atoms. The maximum absolute atomic E-state index is 15.3. The Hall–Kier alpha value is -4.68. The van der Waals surface area contributed by atoms with Gasteiger partial charge in [0.15, 0.2) is 11.6 Å². The summed E-state index contributed by atoms with van der Waals surface area (Å²) in [5.41, 5.74) is 2.20. The number of pyridine rings is 2. The van der Waals surface area contributed by atoms with Crippen molar-refractivity contribution < 1.29 is 9.50 Å². The number of aryl methyl sites for hydroxylation is 1. The summed E-state index contributed by atoms with van der Waals surface area (Å²) in [5.74, 6) is -0.0334. The fourth-order valence-corrected chi connectivity index (χ4v) is 5.25. The lowest BCUT2D eigenvalue weighted by Gasteiger charge is -2.20. The molecule has 12 heteroatoms. The number of nitrogens with zero attached hydrogens (tertiary/aromatic N) is 6. The van der Waals surface area contributed by atoms with E-state index in [-0.39, 0.29) is 22.2 Å². The first kappa shape index (κ1) is 27.5. The second kappa shape index (κ2) is 10.3. The van der Waals surface area contributed by atoms with Crippen molar-refractivity contribution >= 4 is 22.3 Å². The van der Waals surface area contributed by atoms with Crippen LogP contribution in [0.2, 0.25) is 0 Å². The zero-order valence-electron chi connectivity index (χ0n) is 23.8. The molecule has 0 spiro atoms. The molecule has 0 unspecified atom stereocenters. The third-order valence-electron chi connectivity index (χ3n) is 7.52. The van der Waals surface area contributed by atoms with Crippen molar-refractivity contribution in [2.24, 2.45) is 7.05 Å². The minimum Gasteiger partial charge on any atom is -0.392 e. The van der Waals surface area contributed by atoms with Crippen molar-refractivity contribution in [2.75, 3.05) is 11.9 Å². The molecule has 0 aliphatic carbocycles. The molecule has 0 fully saturated rings. The lowest BCUT2D eigenvalue weighted by atomic mass is 9.86. The molecule has 0 amide bonds. The highest BCUT2D eigenvalue weighted by molar-refractivity contribution is 5.83. The van der Waals surface area contributed by atoms with Crippen LogP contribution in [0, 0.1) is 5.82 Å². The quantitative estimate of drug-likeness (QED) is 0.294. The van der Waals surface area contributed by atoms with Gasteiger partial charge in [-0.05, 0) is 40.8 Å². The number of hydrogen-bond acceptors (Lipinski definition) is 8. The molecule has 4 aromatic heterocycles. The van der Waals surface area contributed by atoms with Crippen molar-refractivity contribution in [1.82, 2.24) is 34.4 Å². The molecule has 1 aliphatic heterocycles. The van der Waals surface area contributed by atoms with Crippen LogP contribution in [0.1, 0.15) is 37.6 Å². The molecule has 216 valence electrons. The van der Waals surface area contributed by atoms with E-state index in [2.05, 4.69) is 25.8 Å². The van der Waals surface area contributed by atoms with Crippen molar-refractivity contribution in [3.05, 3.63) is 92.3 Å². The Morgan fingerprint density at radius 3 is 2.69 bits per heavy atom. The molecular weight excluding hydrogens is 539 g/mol. The maximum atomic E-state index is 15.3. The summed E-state index contributed by atoms with van der Waals surface area (Å²) in [6, 6.07) is 8.38. The first-order valence-electron chi connectivity index (χ1n) is 13.6. The van der Waals surface area contributed by atoms with Gasteiger partial charge >= 0.3 is 0 Å². The number of halogens is 1. The van der Waals surface area contributed by atoms with E-state index in [9.17, 15) is 14.7 Å². The van der Waals surface area contributed by atoms with Crippen molar-refractivity contribution in [3.8, 4) is 16.9 Å². The highest BCUT2D eigenvalue weighted by Crippen LogP contribution is 2.30. The largest absolute Gasteiger partial charge is 0.392 e. The molecule has 5 heterocycles. The van der Waals surface area contributed by atoms with Crippen molar-refractivity contribution in [3.63, 3.8) is 0 Å². The number of aliphatic hydroxyl groups excluding tert-OH is 1. The molecule has 1 aliphatic rings. The van der Waals surface area contributed by atoms with Gasteiger partial charge in [-0.2, -0.15) is 14.9 Å². The smallest absolute Gasteiger partial charge is 0.283 e. The van der Waals surface area contributed by atoms with Gasteiger partial charge in [0.2, 0.25) is 0 Å². The van der Waals surface area contributed by atoms with Gasteiger partial charge in [0, 0.05) is 55.1 Å². The number of rotatable bonds is 5. The highest BCUT2D eigenvalue weighted by atomic mass is 19.1. The number of hydrogen-bond donors (Lipinski definition) is 3. The van der Waals surface area contributed by atoms with Gasteiger partial charge < -0.3 is 20.3 Å². The summed E-state index contributed by atoms with van der Waals surface area (Å²) in [7, 11) is 1.63. The monoisotopic (exact) mass is 570 g/mol. The SMILES string of the molecule is Cn1cc(-c2ccnc(-n3ncc4cc(C(C)(C)C)cc(F)c4c3=O)c2CO)cc(Nc2cc3n(n2)CCNC3)c1=O. The zero-order valence-corrected chi connectivity index (χ0v) is 23.8. The Bertz CT molecular complexity index is 1950. The predicted octanol–water partition coefficient (Wildman–Crippen LogP) is 3.12. The van der Waals surface area contributed by atoms with Crippen LogP contribution in [-0.2, 0) is 32.2 Å². The Kier molecular flexibility index (Phi) is 6.74. The van der Waals surface area contributed by atoms with Crippen molar-refractivity contribution in [1.29, 1.82) is 0 Å². The third-order valence-corrected chi connectivity index (χ3v) is 7.52. The number of aliphatic hydroxyl groups is 1. The van der Waals surface area contributed by atoms with Crippen molar-refractivity contribution in [2.45, 2.75) is 45.9 Å². The Balaban J connectivity index is 1.45. The first-order chi connectivity index (χ1) is 20.0. The van der Waals surface area contributed by atoms with Crippen LogP contribution in [-0.4, -0.2) is 40.8 Å². The van der Waals surface area contributed by atoms with Crippen LogP contribution in [0.4, 0.5) is 15.9 Å². The van der Waals surface area contributed by atoms with Gasteiger partial charge in [-0.15, -0.1) is 0 Å². The molecule has 0 saturated carbocycles. The maximum Gasteiger partial charge on any atom is 0.283 e.